The highest BCUT2D eigenvalue weighted by Gasteiger charge is 2.40. The molecule has 0 radical (unpaired) electrons. The Morgan fingerprint density at radius 2 is 1.82 bits per heavy atom. The second-order valence-electron chi connectivity index (χ2n) is 4.91. The van der Waals surface area contributed by atoms with Gasteiger partial charge in [0, 0.05) is 12.1 Å². The zero-order valence-electron chi connectivity index (χ0n) is 10.3. The van der Waals surface area contributed by atoms with E-state index in [9.17, 15) is 17.6 Å². The van der Waals surface area contributed by atoms with Crippen molar-refractivity contribution < 1.29 is 22.3 Å². The summed E-state index contributed by atoms with van der Waals surface area (Å²) < 4.78 is 53.0. The van der Waals surface area contributed by atoms with Crippen LogP contribution >= 0.6 is 0 Å². The van der Waals surface area contributed by atoms with E-state index in [4.69, 9.17) is 0 Å². The Hall–Kier alpha value is -0.620. The van der Waals surface area contributed by atoms with Crippen molar-refractivity contribution in [3.05, 3.63) is 12.2 Å². The Balaban J connectivity index is 3.80. The Labute approximate surface area is 99.0 Å². The first-order chi connectivity index (χ1) is 7.54. The minimum absolute atomic E-state index is 0.129. The number of rotatable bonds is 7. The number of nitrogens with one attached hydrogen (secondary N) is 1. The molecule has 0 aromatic carbocycles. The zero-order valence-corrected chi connectivity index (χ0v) is 10.3. The highest BCUT2D eigenvalue weighted by atomic mass is 19.3. The Bertz CT molecular complexity index is 248. The van der Waals surface area contributed by atoms with Crippen LogP contribution < -0.4 is 5.32 Å². The lowest BCUT2D eigenvalue weighted by atomic mass is 10.1. The summed E-state index contributed by atoms with van der Waals surface area (Å²) in [5.41, 5.74) is 0.403. The van der Waals surface area contributed by atoms with Crippen molar-refractivity contribution in [2.75, 3.05) is 19.8 Å². The first-order valence-electron chi connectivity index (χ1n) is 5.20. The molecule has 0 amide bonds. The van der Waals surface area contributed by atoms with Crippen molar-refractivity contribution >= 4 is 0 Å². The maximum absolute atomic E-state index is 12.5. The minimum Gasteiger partial charge on any atom is -0.371 e. The lowest BCUT2D eigenvalue weighted by molar-refractivity contribution is -0.163. The molecule has 0 rings (SSSR count). The van der Waals surface area contributed by atoms with Gasteiger partial charge in [-0.25, -0.2) is 8.78 Å². The summed E-state index contributed by atoms with van der Waals surface area (Å²) in [6, 6.07) is 0. The molecule has 0 aliphatic carbocycles. The molecule has 0 aliphatic heterocycles. The third kappa shape index (κ3) is 8.15. The molecule has 6 heteroatoms. The molecule has 0 spiro atoms. The van der Waals surface area contributed by atoms with Gasteiger partial charge in [0.2, 0.25) is 0 Å². The number of alkyl halides is 4. The fraction of sp³-hybridized carbons (Fsp3) is 0.818. The molecule has 0 unspecified atom stereocenters. The molecule has 0 bridgehead atoms. The summed E-state index contributed by atoms with van der Waals surface area (Å²) in [5, 5.41) is 3.08. The molecular weight excluding hydrogens is 238 g/mol. The molecule has 0 aromatic heterocycles. The maximum Gasteiger partial charge on any atom is 0.330 e. The molecule has 0 aromatic rings. The minimum atomic E-state index is -4.10. The van der Waals surface area contributed by atoms with Gasteiger partial charge in [0.1, 0.15) is 6.61 Å². The quantitative estimate of drug-likeness (QED) is 0.559. The third-order valence-corrected chi connectivity index (χ3v) is 1.79. The lowest BCUT2D eigenvalue weighted by Crippen LogP contribution is -2.38. The van der Waals surface area contributed by atoms with Crippen LogP contribution in [0.2, 0.25) is 0 Å². The van der Waals surface area contributed by atoms with Gasteiger partial charge in [-0.15, -0.1) is 0 Å². The largest absolute Gasteiger partial charge is 0.371 e. The fourth-order valence-electron chi connectivity index (χ4n) is 0.836. The molecular formula is C11H19F4NO. The fourth-order valence-corrected chi connectivity index (χ4v) is 0.836. The molecule has 0 fully saturated rings. The molecule has 0 heterocycles. The number of hydrogen-bond acceptors (Lipinski definition) is 2. The standard InChI is InChI=1S/C11H19F4NO/c1-8(5-16-10(2,3)4)6-17-7-11(14,15)9(12)13/h9,16H,1,5-7H2,2-4H3. The van der Waals surface area contributed by atoms with Gasteiger partial charge in [-0.05, 0) is 26.3 Å². The number of hydrogen-bond donors (Lipinski definition) is 1. The summed E-state index contributed by atoms with van der Waals surface area (Å²) in [7, 11) is 0. The summed E-state index contributed by atoms with van der Waals surface area (Å²) in [4.78, 5) is 0. The number of halogens is 4. The lowest BCUT2D eigenvalue weighted by Gasteiger charge is -2.21. The van der Waals surface area contributed by atoms with E-state index >= 15 is 0 Å². The van der Waals surface area contributed by atoms with Gasteiger partial charge in [-0.1, -0.05) is 6.58 Å². The van der Waals surface area contributed by atoms with Crippen molar-refractivity contribution in [3.8, 4) is 0 Å². The van der Waals surface area contributed by atoms with Crippen LogP contribution in [0.5, 0.6) is 0 Å². The van der Waals surface area contributed by atoms with Crippen LogP contribution in [0.1, 0.15) is 20.8 Å². The van der Waals surface area contributed by atoms with Crippen molar-refractivity contribution in [1.82, 2.24) is 5.32 Å². The average Bonchev–Trinajstić information content (AvgIpc) is 2.13. The second-order valence-corrected chi connectivity index (χ2v) is 4.91. The van der Waals surface area contributed by atoms with Crippen LogP contribution in [0.3, 0.4) is 0 Å². The van der Waals surface area contributed by atoms with Crippen molar-refractivity contribution in [2.24, 2.45) is 0 Å². The van der Waals surface area contributed by atoms with E-state index in [0.717, 1.165) is 0 Å². The Morgan fingerprint density at radius 3 is 2.24 bits per heavy atom. The first kappa shape index (κ1) is 16.4. The smallest absolute Gasteiger partial charge is 0.330 e. The topological polar surface area (TPSA) is 21.3 Å². The predicted octanol–water partition coefficient (Wildman–Crippen LogP) is 2.85. The molecule has 0 aliphatic rings. The molecule has 0 saturated carbocycles. The third-order valence-electron chi connectivity index (χ3n) is 1.79. The van der Waals surface area contributed by atoms with Crippen LogP contribution in [0.15, 0.2) is 12.2 Å². The second kappa shape index (κ2) is 6.35. The SMILES string of the molecule is C=C(CNC(C)(C)C)COCC(F)(F)C(F)F. The summed E-state index contributed by atoms with van der Waals surface area (Å²) in [6.07, 6.45) is -3.71. The van der Waals surface area contributed by atoms with Crippen LogP contribution in [-0.2, 0) is 4.74 Å². The first-order valence-corrected chi connectivity index (χ1v) is 5.20. The number of ether oxygens (including phenoxy) is 1. The monoisotopic (exact) mass is 257 g/mol. The van der Waals surface area contributed by atoms with E-state index < -0.39 is 19.0 Å². The van der Waals surface area contributed by atoms with Crippen LogP contribution in [0, 0.1) is 0 Å². The zero-order chi connectivity index (χ0) is 13.7. The Kier molecular flexibility index (Phi) is 6.12. The normalized spacial score (nSPS) is 13.2. The van der Waals surface area contributed by atoms with Gasteiger partial charge in [0.05, 0.1) is 6.61 Å². The average molecular weight is 257 g/mol. The van der Waals surface area contributed by atoms with Gasteiger partial charge in [-0.3, -0.25) is 0 Å². The highest BCUT2D eigenvalue weighted by Crippen LogP contribution is 2.22. The summed E-state index contributed by atoms with van der Waals surface area (Å²) >= 11 is 0. The molecule has 2 nitrogen and oxygen atoms in total. The van der Waals surface area contributed by atoms with Gasteiger partial charge in [-0.2, -0.15) is 8.78 Å². The van der Waals surface area contributed by atoms with Crippen LogP contribution in [0.25, 0.3) is 0 Å². The van der Waals surface area contributed by atoms with E-state index in [1.165, 1.54) is 0 Å². The summed E-state index contributed by atoms with van der Waals surface area (Å²) in [6.45, 7) is 8.35. The van der Waals surface area contributed by atoms with Crippen molar-refractivity contribution in [2.45, 2.75) is 38.7 Å². The predicted molar refractivity (Wildman–Crippen MR) is 58.7 cm³/mol. The van der Waals surface area contributed by atoms with E-state index in [1.807, 2.05) is 20.8 Å². The summed E-state index contributed by atoms with van der Waals surface area (Å²) in [5.74, 6) is -4.10. The van der Waals surface area contributed by atoms with E-state index in [1.54, 1.807) is 0 Å². The Morgan fingerprint density at radius 1 is 1.29 bits per heavy atom. The van der Waals surface area contributed by atoms with Gasteiger partial charge in [0.15, 0.2) is 0 Å². The van der Waals surface area contributed by atoms with Crippen LogP contribution in [-0.4, -0.2) is 37.6 Å². The molecule has 17 heavy (non-hydrogen) atoms. The van der Waals surface area contributed by atoms with Gasteiger partial charge in [0.25, 0.3) is 0 Å². The van der Waals surface area contributed by atoms with Gasteiger partial charge < -0.3 is 10.1 Å². The van der Waals surface area contributed by atoms with Crippen molar-refractivity contribution in [1.29, 1.82) is 0 Å². The highest BCUT2D eigenvalue weighted by molar-refractivity contribution is 4.98. The van der Waals surface area contributed by atoms with E-state index in [2.05, 4.69) is 16.6 Å². The molecule has 0 saturated heterocycles. The molecule has 0 atom stereocenters. The van der Waals surface area contributed by atoms with Gasteiger partial charge >= 0.3 is 12.3 Å². The molecule has 1 N–H and O–H groups in total. The van der Waals surface area contributed by atoms with Crippen molar-refractivity contribution in [3.63, 3.8) is 0 Å². The van der Waals surface area contributed by atoms with Crippen LogP contribution in [0.4, 0.5) is 17.6 Å². The van der Waals surface area contributed by atoms with E-state index in [0.29, 0.717) is 12.1 Å². The van der Waals surface area contributed by atoms with E-state index in [-0.39, 0.29) is 12.1 Å². The maximum atomic E-state index is 12.5. The molecule has 102 valence electrons.